The molecule has 6 nitrogen and oxygen atoms in total. The Bertz CT molecular complexity index is 1060. The zero-order valence-electron chi connectivity index (χ0n) is 19.9. The van der Waals surface area contributed by atoms with E-state index in [2.05, 4.69) is 16.1 Å². The van der Waals surface area contributed by atoms with E-state index in [-0.39, 0.29) is 41.1 Å². The number of esters is 1. The second kappa shape index (κ2) is 12.7. The number of piperidine rings is 1. The van der Waals surface area contributed by atoms with Crippen LogP contribution in [0.3, 0.4) is 0 Å². The fraction of sp³-hybridized carbons (Fsp3) is 0.500. The van der Waals surface area contributed by atoms with E-state index in [9.17, 15) is 14.0 Å². The second-order valence-electron chi connectivity index (χ2n) is 9.04. The van der Waals surface area contributed by atoms with Gasteiger partial charge in [0.1, 0.15) is 5.82 Å². The number of carbonyl (C=O) groups is 2. The van der Waals surface area contributed by atoms with Crippen molar-refractivity contribution in [2.75, 3.05) is 19.7 Å². The summed E-state index contributed by atoms with van der Waals surface area (Å²) >= 11 is 4.78. The fourth-order valence-electron chi connectivity index (χ4n) is 4.48. The highest BCUT2D eigenvalue weighted by atomic mass is 35.5. The highest BCUT2D eigenvalue weighted by Gasteiger charge is 2.40. The molecular formula is C26H33ClFN3O3S. The summed E-state index contributed by atoms with van der Waals surface area (Å²) in [5.74, 6) is -0.360. The van der Waals surface area contributed by atoms with Crippen LogP contribution in [0.2, 0.25) is 0 Å². The Morgan fingerprint density at radius 3 is 2.77 bits per heavy atom. The number of ether oxygens (including phenoxy) is 1. The first kappa shape index (κ1) is 27.4. The number of likely N-dealkylation sites (tertiary alicyclic amines) is 1. The molecule has 1 aromatic heterocycles. The van der Waals surface area contributed by atoms with Gasteiger partial charge in [0.15, 0.2) is 5.78 Å². The molecule has 1 saturated carbocycles. The van der Waals surface area contributed by atoms with Crippen molar-refractivity contribution in [1.82, 2.24) is 14.7 Å². The summed E-state index contributed by atoms with van der Waals surface area (Å²) in [7, 11) is 0. The summed E-state index contributed by atoms with van der Waals surface area (Å²) in [6.07, 6.45) is 9.40. The summed E-state index contributed by atoms with van der Waals surface area (Å²) in [4.78, 5) is 26.8. The number of aromatic nitrogens is 2. The van der Waals surface area contributed by atoms with Crippen LogP contribution in [0.5, 0.6) is 0 Å². The van der Waals surface area contributed by atoms with Crippen LogP contribution in [0.25, 0.3) is 6.08 Å². The number of ketones is 1. The van der Waals surface area contributed by atoms with Crippen molar-refractivity contribution >= 4 is 42.9 Å². The van der Waals surface area contributed by atoms with Crippen LogP contribution in [0, 0.1) is 11.7 Å². The van der Waals surface area contributed by atoms with Gasteiger partial charge in [-0.3, -0.25) is 19.2 Å². The monoisotopic (exact) mass is 521 g/mol. The minimum Gasteiger partial charge on any atom is -0.466 e. The molecule has 35 heavy (non-hydrogen) atoms. The third-order valence-electron chi connectivity index (χ3n) is 6.40. The number of Topliss-reactive ketones (excluding diaryl/α,β-unsaturated/α-hetero) is 1. The molecule has 2 atom stereocenters. The molecule has 1 aliphatic carbocycles. The van der Waals surface area contributed by atoms with Crippen LogP contribution < -0.4 is 0 Å². The van der Waals surface area contributed by atoms with Crippen LogP contribution in [-0.2, 0) is 20.9 Å². The van der Waals surface area contributed by atoms with Crippen molar-refractivity contribution in [2.24, 2.45) is 5.92 Å². The molecule has 190 valence electrons. The first-order valence-corrected chi connectivity index (χ1v) is 12.6. The predicted octanol–water partition coefficient (Wildman–Crippen LogP) is 4.90. The fourth-order valence-corrected chi connectivity index (χ4v) is 4.75. The molecule has 0 spiro atoms. The molecule has 4 rings (SSSR count). The number of hydrogen-bond donors (Lipinski definition) is 1. The lowest BCUT2D eigenvalue weighted by Crippen LogP contribution is -2.42. The first-order valence-electron chi connectivity index (χ1n) is 12.0. The van der Waals surface area contributed by atoms with Crippen LogP contribution in [0.15, 0.2) is 42.2 Å². The molecular weight excluding hydrogens is 489 g/mol. The van der Waals surface area contributed by atoms with E-state index in [1.807, 2.05) is 10.9 Å². The first-order chi connectivity index (χ1) is 16.5. The third-order valence-corrected chi connectivity index (χ3v) is 6.99. The lowest BCUT2D eigenvalue weighted by Gasteiger charge is -2.37. The second-order valence-corrected chi connectivity index (χ2v) is 9.66. The summed E-state index contributed by atoms with van der Waals surface area (Å²) < 4.78 is 21.5. The van der Waals surface area contributed by atoms with Crippen molar-refractivity contribution in [1.29, 1.82) is 0 Å². The minimum absolute atomic E-state index is 0. The largest absolute Gasteiger partial charge is 0.466 e. The molecule has 0 radical (unpaired) electrons. The summed E-state index contributed by atoms with van der Waals surface area (Å²) in [5, 5.41) is 4.47. The highest BCUT2D eigenvalue weighted by Crippen LogP contribution is 2.39. The van der Waals surface area contributed by atoms with Crippen LogP contribution in [0.4, 0.5) is 4.39 Å². The van der Waals surface area contributed by atoms with Gasteiger partial charge in [-0.2, -0.15) is 17.7 Å². The average Bonchev–Trinajstić information content (AvgIpc) is 3.58. The molecule has 0 N–H and O–H groups in total. The van der Waals surface area contributed by atoms with Crippen molar-refractivity contribution in [3.63, 3.8) is 0 Å². The van der Waals surface area contributed by atoms with E-state index in [1.54, 1.807) is 31.3 Å². The standard InChI is InChI=1S/C26H32FN3O3S.ClH/c1-2-33-24(31)8-5-12-30-16-18(15-28-30)14-20-17-29(13-11-23(20)34)25(26(32)19-9-10-19)21-6-3-4-7-22(21)27;/h3-4,6-7,14-16,19,23,25,34H,2,5,8-13,17H2,1H3;1H/b20-14+;. The number of aryl methyl sites for hydroxylation is 1. The van der Waals surface area contributed by atoms with Gasteiger partial charge in [0.25, 0.3) is 0 Å². The maximum atomic E-state index is 14.7. The number of benzene rings is 1. The van der Waals surface area contributed by atoms with Gasteiger partial charge in [0, 0.05) is 54.5 Å². The van der Waals surface area contributed by atoms with Gasteiger partial charge in [0.05, 0.1) is 18.8 Å². The quantitative estimate of drug-likeness (QED) is 0.356. The lowest BCUT2D eigenvalue weighted by molar-refractivity contribution is -0.143. The zero-order valence-corrected chi connectivity index (χ0v) is 21.6. The van der Waals surface area contributed by atoms with Gasteiger partial charge >= 0.3 is 5.97 Å². The van der Waals surface area contributed by atoms with Crippen molar-refractivity contribution < 1.29 is 18.7 Å². The van der Waals surface area contributed by atoms with E-state index in [0.717, 1.165) is 30.4 Å². The predicted molar refractivity (Wildman–Crippen MR) is 139 cm³/mol. The van der Waals surface area contributed by atoms with E-state index in [0.29, 0.717) is 44.6 Å². The Balaban J connectivity index is 0.00000342. The van der Waals surface area contributed by atoms with E-state index >= 15 is 0 Å². The van der Waals surface area contributed by atoms with E-state index < -0.39 is 6.04 Å². The molecule has 2 heterocycles. The molecule has 2 aromatic rings. The number of thiol groups is 1. The molecule has 2 unspecified atom stereocenters. The Labute approximate surface area is 217 Å². The number of carbonyl (C=O) groups excluding carboxylic acids is 2. The Morgan fingerprint density at radius 2 is 2.06 bits per heavy atom. The Kier molecular flexibility index (Phi) is 9.95. The van der Waals surface area contributed by atoms with Gasteiger partial charge in [0.2, 0.25) is 0 Å². The molecule has 1 saturated heterocycles. The third kappa shape index (κ3) is 7.18. The van der Waals surface area contributed by atoms with Crippen molar-refractivity contribution in [3.8, 4) is 0 Å². The highest BCUT2D eigenvalue weighted by molar-refractivity contribution is 7.81. The Morgan fingerprint density at radius 1 is 1.29 bits per heavy atom. The van der Waals surface area contributed by atoms with Crippen molar-refractivity contribution in [2.45, 2.75) is 56.9 Å². The van der Waals surface area contributed by atoms with Gasteiger partial charge in [-0.1, -0.05) is 24.3 Å². The van der Waals surface area contributed by atoms with Crippen LogP contribution in [0.1, 0.15) is 56.2 Å². The zero-order chi connectivity index (χ0) is 24.1. The summed E-state index contributed by atoms with van der Waals surface area (Å²) in [5.41, 5.74) is 2.50. The van der Waals surface area contributed by atoms with Gasteiger partial charge < -0.3 is 4.74 Å². The van der Waals surface area contributed by atoms with Crippen LogP contribution >= 0.6 is 25.0 Å². The number of hydrogen-bond acceptors (Lipinski definition) is 6. The topological polar surface area (TPSA) is 64.4 Å². The molecule has 1 aromatic carbocycles. The Hall–Kier alpha value is -2.16. The molecule has 0 bridgehead atoms. The maximum absolute atomic E-state index is 14.7. The minimum atomic E-state index is -0.566. The number of rotatable bonds is 10. The van der Waals surface area contributed by atoms with Gasteiger partial charge in [-0.25, -0.2) is 4.39 Å². The maximum Gasteiger partial charge on any atom is 0.305 e. The van der Waals surface area contributed by atoms with Gasteiger partial charge in [-0.05, 0) is 44.2 Å². The molecule has 9 heteroatoms. The molecule has 2 fully saturated rings. The molecule has 0 amide bonds. The number of halogens is 2. The normalized spacial score (nSPS) is 20.3. The lowest BCUT2D eigenvalue weighted by atomic mass is 9.93. The van der Waals surface area contributed by atoms with E-state index in [4.69, 9.17) is 17.4 Å². The number of nitrogens with zero attached hydrogens (tertiary/aromatic N) is 3. The smallest absolute Gasteiger partial charge is 0.305 e. The van der Waals surface area contributed by atoms with E-state index in [1.165, 1.54) is 6.07 Å². The van der Waals surface area contributed by atoms with Gasteiger partial charge in [-0.15, -0.1) is 12.4 Å². The summed E-state index contributed by atoms with van der Waals surface area (Å²) in [6, 6.07) is 6.05. The SMILES string of the molecule is CCOC(=O)CCCn1cc(/C=C2\CN(C(C(=O)C3CC3)c3ccccc3F)CCC2S)cn1.Cl. The average molecular weight is 522 g/mol. The van der Waals surface area contributed by atoms with Crippen LogP contribution in [-0.4, -0.2) is 51.4 Å². The van der Waals surface area contributed by atoms with Crippen molar-refractivity contribution in [3.05, 3.63) is 59.2 Å². The molecule has 1 aliphatic heterocycles. The molecule has 2 aliphatic rings. The summed E-state index contributed by atoms with van der Waals surface area (Å²) in [6.45, 7) is 4.07.